The molecule has 0 fully saturated rings. The van der Waals surface area contributed by atoms with E-state index in [-0.39, 0.29) is 0 Å². The van der Waals surface area contributed by atoms with Crippen LogP contribution in [0.25, 0.3) is 0 Å². The molecule has 0 heterocycles. The third-order valence-corrected chi connectivity index (χ3v) is 2.01. The molecule has 0 rings (SSSR count). The Morgan fingerprint density at radius 3 is 1.95 bits per heavy atom. The molecule has 0 aromatic rings. The molecule has 0 aromatic carbocycles. The Balaban J connectivity index is 4.56. The van der Waals surface area contributed by atoms with Crippen LogP contribution >= 0.6 is 0 Å². The number of hydrogen-bond acceptors (Lipinski definition) is 3. The first-order valence-corrected chi connectivity index (χ1v) is 5.40. The van der Waals surface area contributed by atoms with Crippen molar-refractivity contribution in [3.05, 3.63) is 0 Å². The normalized spacial score (nSPS) is 15.0. The van der Waals surface area contributed by atoms with E-state index in [4.69, 9.17) is 4.74 Å². The maximum absolute atomic E-state index is 13.0. The lowest BCUT2D eigenvalue weighted by molar-refractivity contribution is -0.291. The highest BCUT2D eigenvalue weighted by Crippen LogP contribution is 2.37. The number of halogens is 5. The smallest absolute Gasteiger partial charge is 0.444 e. The molecule has 1 unspecified atom stereocenters. The van der Waals surface area contributed by atoms with E-state index in [1.54, 1.807) is 0 Å². The molecule has 0 saturated carbocycles. The van der Waals surface area contributed by atoms with Crippen LogP contribution in [0.4, 0.5) is 26.7 Å². The Labute approximate surface area is 107 Å². The number of rotatable bonds is 4. The minimum atomic E-state index is -5.70. The van der Waals surface area contributed by atoms with Gasteiger partial charge in [0.05, 0.1) is 6.04 Å². The number of alkyl halides is 5. The van der Waals surface area contributed by atoms with Crippen LogP contribution in [0.5, 0.6) is 0 Å². The lowest BCUT2D eigenvalue weighted by Crippen LogP contribution is -2.57. The highest BCUT2D eigenvalue weighted by molar-refractivity contribution is 5.67. The number of likely N-dealkylation sites (N-methyl/N-ethyl adjacent to an activating group) is 1. The fraction of sp³-hybridized carbons (Fsp3) is 0.900. The first-order chi connectivity index (χ1) is 8.31. The van der Waals surface area contributed by atoms with Gasteiger partial charge in [-0.2, -0.15) is 22.0 Å². The third-order valence-electron chi connectivity index (χ3n) is 2.01. The summed E-state index contributed by atoms with van der Waals surface area (Å²) in [5.41, 5.74) is -0.869. The number of alkyl carbamates (subject to hydrolysis) is 1. The standard InChI is InChI=1S/C10H17F5N2O2/c1-8(2,3)19-7(18)17-5-6(16-4)9(11,12)10(13,14)15/h6,16H,5H2,1-4H3,(H,17,18). The summed E-state index contributed by atoms with van der Waals surface area (Å²) in [6.45, 7) is 3.68. The van der Waals surface area contributed by atoms with E-state index in [1.165, 1.54) is 20.8 Å². The molecule has 2 N–H and O–H groups in total. The van der Waals surface area contributed by atoms with Gasteiger partial charge in [0.15, 0.2) is 0 Å². The Morgan fingerprint density at radius 1 is 1.16 bits per heavy atom. The molecule has 114 valence electrons. The molecule has 0 aliphatic heterocycles. The Kier molecular flexibility index (Phi) is 5.54. The fourth-order valence-electron chi connectivity index (χ4n) is 1.11. The van der Waals surface area contributed by atoms with E-state index in [2.05, 4.69) is 0 Å². The van der Waals surface area contributed by atoms with Crippen LogP contribution in [0, 0.1) is 0 Å². The average molecular weight is 292 g/mol. The van der Waals surface area contributed by atoms with Crippen LogP contribution in [-0.4, -0.2) is 43.4 Å². The molecule has 4 nitrogen and oxygen atoms in total. The largest absolute Gasteiger partial charge is 0.455 e. The van der Waals surface area contributed by atoms with E-state index in [0.717, 1.165) is 7.05 Å². The van der Waals surface area contributed by atoms with Gasteiger partial charge in [0, 0.05) is 6.54 Å². The monoisotopic (exact) mass is 292 g/mol. The van der Waals surface area contributed by atoms with Gasteiger partial charge in [-0.25, -0.2) is 4.79 Å². The first kappa shape index (κ1) is 17.9. The van der Waals surface area contributed by atoms with Crippen LogP contribution in [-0.2, 0) is 4.74 Å². The Bertz CT molecular complexity index is 312. The quantitative estimate of drug-likeness (QED) is 0.782. The zero-order valence-electron chi connectivity index (χ0n) is 11.0. The summed E-state index contributed by atoms with van der Waals surface area (Å²) in [6, 6.07) is -2.28. The minimum Gasteiger partial charge on any atom is -0.444 e. The van der Waals surface area contributed by atoms with Crippen molar-refractivity contribution in [1.82, 2.24) is 10.6 Å². The number of carbonyl (C=O) groups excluding carboxylic acids is 1. The van der Waals surface area contributed by atoms with Crippen molar-refractivity contribution in [2.75, 3.05) is 13.6 Å². The summed E-state index contributed by atoms with van der Waals surface area (Å²) >= 11 is 0. The van der Waals surface area contributed by atoms with Gasteiger partial charge in [-0.3, -0.25) is 0 Å². The molecular formula is C10H17F5N2O2. The minimum absolute atomic E-state index is 0.869. The zero-order valence-corrected chi connectivity index (χ0v) is 11.0. The molecule has 0 aromatic heterocycles. The van der Waals surface area contributed by atoms with Gasteiger partial charge < -0.3 is 15.4 Å². The van der Waals surface area contributed by atoms with Gasteiger partial charge in [-0.05, 0) is 27.8 Å². The predicted octanol–water partition coefficient (Wildman–Crippen LogP) is 2.30. The fourth-order valence-corrected chi connectivity index (χ4v) is 1.11. The van der Waals surface area contributed by atoms with E-state index in [9.17, 15) is 26.7 Å². The van der Waals surface area contributed by atoms with Gasteiger partial charge in [0.1, 0.15) is 5.60 Å². The van der Waals surface area contributed by atoms with E-state index < -0.39 is 36.4 Å². The highest BCUT2D eigenvalue weighted by atomic mass is 19.4. The molecule has 0 bridgehead atoms. The summed E-state index contributed by atoms with van der Waals surface area (Å²) < 4.78 is 67.1. The van der Waals surface area contributed by atoms with Crippen LogP contribution in [0.2, 0.25) is 0 Å². The highest BCUT2D eigenvalue weighted by Gasteiger charge is 2.61. The molecule has 19 heavy (non-hydrogen) atoms. The topological polar surface area (TPSA) is 50.4 Å². The first-order valence-electron chi connectivity index (χ1n) is 5.40. The molecule has 1 amide bonds. The second-order valence-corrected chi connectivity index (χ2v) is 4.84. The van der Waals surface area contributed by atoms with Crippen molar-refractivity contribution in [2.24, 2.45) is 0 Å². The third kappa shape index (κ3) is 5.58. The molecule has 0 spiro atoms. The number of amides is 1. The van der Waals surface area contributed by atoms with Crippen molar-refractivity contribution in [3.63, 3.8) is 0 Å². The van der Waals surface area contributed by atoms with Crippen LogP contribution in [0.3, 0.4) is 0 Å². The van der Waals surface area contributed by atoms with Crippen molar-refractivity contribution in [3.8, 4) is 0 Å². The van der Waals surface area contributed by atoms with Crippen molar-refractivity contribution < 1.29 is 31.5 Å². The second-order valence-electron chi connectivity index (χ2n) is 4.84. The average Bonchev–Trinajstić information content (AvgIpc) is 2.13. The van der Waals surface area contributed by atoms with Gasteiger partial charge in [0.2, 0.25) is 0 Å². The lowest BCUT2D eigenvalue weighted by Gasteiger charge is -2.28. The Hall–Kier alpha value is -1.12. The van der Waals surface area contributed by atoms with E-state index in [1.807, 2.05) is 10.6 Å². The van der Waals surface area contributed by atoms with Gasteiger partial charge in [0.25, 0.3) is 0 Å². The maximum atomic E-state index is 13.0. The van der Waals surface area contributed by atoms with Crippen LogP contribution < -0.4 is 10.6 Å². The summed E-state index contributed by atoms with van der Waals surface area (Å²) in [5.74, 6) is -4.96. The SMILES string of the molecule is CNC(CNC(=O)OC(C)(C)C)C(F)(F)C(F)(F)F. The molecule has 1 atom stereocenters. The van der Waals surface area contributed by atoms with Crippen molar-refractivity contribution in [2.45, 2.75) is 44.5 Å². The van der Waals surface area contributed by atoms with Crippen molar-refractivity contribution >= 4 is 6.09 Å². The van der Waals surface area contributed by atoms with Gasteiger partial charge in [-0.1, -0.05) is 0 Å². The predicted molar refractivity (Wildman–Crippen MR) is 58.1 cm³/mol. The molecule has 0 aliphatic rings. The molecule has 0 saturated heterocycles. The maximum Gasteiger partial charge on any atom is 0.455 e. The molecule has 0 aliphatic carbocycles. The molecule has 0 radical (unpaired) electrons. The van der Waals surface area contributed by atoms with Gasteiger partial charge in [-0.15, -0.1) is 0 Å². The molecular weight excluding hydrogens is 275 g/mol. The number of nitrogens with one attached hydrogen (secondary N) is 2. The van der Waals surface area contributed by atoms with Crippen LogP contribution in [0.1, 0.15) is 20.8 Å². The van der Waals surface area contributed by atoms with E-state index >= 15 is 0 Å². The number of ether oxygens (including phenoxy) is 1. The summed E-state index contributed by atoms with van der Waals surface area (Å²) in [5, 5.41) is 3.69. The second kappa shape index (κ2) is 5.89. The zero-order chi connectivity index (χ0) is 15.5. The van der Waals surface area contributed by atoms with Crippen LogP contribution in [0.15, 0.2) is 0 Å². The van der Waals surface area contributed by atoms with Crippen molar-refractivity contribution in [1.29, 1.82) is 0 Å². The number of hydrogen-bond donors (Lipinski definition) is 2. The lowest BCUT2D eigenvalue weighted by atomic mass is 10.1. The summed E-state index contributed by atoms with van der Waals surface area (Å²) in [7, 11) is 0.946. The number of carbonyl (C=O) groups is 1. The summed E-state index contributed by atoms with van der Waals surface area (Å²) in [4.78, 5) is 11.2. The Morgan fingerprint density at radius 2 is 1.63 bits per heavy atom. The molecule has 9 heteroatoms. The van der Waals surface area contributed by atoms with E-state index in [0.29, 0.717) is 0 Å². The summed E-state index contributed by atoms with van der Waals surface area (Å²) in [6.07, 6.45) is -6.76. The van der Waals surface area contributed by atoms with Gasteiger partial charge >= 0.3 is 18.2 Å².